The second kappa shape index (κ2) is 18.7. The van der Waals surface area contributed by atoms with Gasteiger partial charge in [-0.3, -0.25) is 4.79 Å². The average Bonchev–Trinajstić information content (AvgIpc) is 3.63. The molecule has 1 saturated carbocycles. The number of hydrogen-bond donors (Lipinski definition) is 2. The van der Waals surface area contributed by atoms with E-state index in [1.807, 2.05) is 90.5 Å². The number of aromatic nitrogens is 4. The molecule has 0 atom stereocenters. The van der Waals surface area contributed by atoms with E-state index in [1.165, 1.54) is 0 Å². The highest BCUT2D eigenvalue weighted by molar-refractivity contribution is 6.29. The van der Waals surface area contributed by atoms with Crippen LogP contribution in [0.25, 0.3) is 0 Å². The van der Waals surface area contributed by atoms with Crippen LogP contribution in [0.5, 0.6) is 11.5 Å². The fourth-order valence-electron chi connectivity index (χ4n) is 6.35. The molecule has 3 aromatic heterocycles. The number of pyridine rings is 2. The predicted molar refractivity (Wildman–Crippen MR) is 207 cm³/mol. The number of aliphatic hydroxyl groups is 1. The maximum absolute atomic E-state index is 13.1. The first kappa shape index (κ1) is 39.3. The lowest BCUT2D eigenvalue weighted by Gasteiger charge is -2.34. The molecule has 3 heterocycles. The maximum Gasteiger partial charge on any atom is 0.312 e. The van der Waals surface area contributed by atoms with Gasteiger partial charge in [-0.2, -0.15) is 5.10 Å². The number of nitrogens with zero attached hydrogens (tertiary/aromatic N) is 4. The third-order valence-corrected chi connectivity index (χ3v) is 9.10. The van der Waals surface area contributed by atoms with E-state index >= 15 is 0 Å². The molecule has 0 bridgehead atoms. The summed E-state index contributed by atoms with van der Waals surface area (Å²) >= 11 is 5.81. The van der Waals surface area contributed by atoms with Gasteiger partial charge in [0, 0.05) is 42.4 Å². The SMILES string of the molecule is CCOC(=O)C1(Cc2cc(OCc3ccccc3)cc(Nc3ccnn3C(C)(C)C)n2)CCCCC1.OCc1cc(OCc2ccccc2)cc(Cl)n1. The van der Waals surface area contributed by atoms with Gasteiger partial charge in [0.15, 0.2) is 0 Å². The molecule has 0 radical (unpaired) electrons. The molecule has 1 aliphatic rings. The van der Waals surface area contributed by atoms with Crippen LogP contribution in [0.1, 0.15) is 82.3 Å². The zero-order valence-corrected chi connectivity index (χ0v) is 31.8. The van der Waals surface area contributed by atoms with Crippen molar-refractivity contribution in [3.63, 3.8) is 0 Å². The van der Waals surface area contributed by atoms with Gasteiger partial charge < -0.3 is 24.6 Å². The van der Waals surface area contributed by atoms with Crippen molar-refractivity contribution in [3.8, 4) is 11.5 Å². The standard InChI is InChI=1S/C29H38N4O3.C13H12ClNO2/c1-5-35-27(34)29(15-10-7-11-16-29)20-23-18-24(36-21-22-12-8-6-9-13-22)19-25(31-23)32-26-14-17-30-33(26)28(2,3)4;14-13-7-12(6-11(8-16)15-13)17-9-10-4-2-1-3-5-10/h6,8-9,12-14,17-19H,5,7,10-11,15-16,20-21H2,1-4H3,(H,31,32);1-7,16H,8-9H2. The van der Waals surface area contributed by atoms with Crippen molar-refractivity contribution in [1.29, 1.82) is 0 Å². The Labute approximate surface area is 317 Å². The summed E-state index contributed by atoms with van der Waals surface area (Å²) < 4.78 is 19.3. The minimum Gasteiger partial charge on any atom is -0.489 e. The summed E-state index contributed by atoms with van der Waals surface area (Å²) in [4.78, 5) is 22.0. The number of carbonyl (C=O) groups excluding carboxylic acids is 1. The summed E-state index contributed by atoms with van der Waals surface area (Å²) in [6.45, 7) is 9.34. The molecule has 2 N–H and O–H groups in total. The number of aliphatic hydroxyl groups excluding tert-OH is 1. The first-order chi connectivity index (χ1) is 25.6. The van der Waals surface area contributed by atoms with Crippen molar-refractivity contribution < 1.29 is 24.1 Å². The Morgan fingerprint density at radius 3 is 2.04 bits per heavy atom. The maximum atomic E-state index is 13.1. The number of carbonyl (C=O) groups is 1. The molecule has 6 rings (SSSR count). The monoisotopic (exact) mass is 739 g/mol. The van der Waals surface area contributed by atoms with Crippen LogP contribution >= 0.6 is 11.6 Å². The largest absolute Gasteiger partial charge is 0.489 e. The number of hydrogen-bond acceptors (Lipinski definition) is 9. The molecular formula is C42H50ClN5O5. The second-order valence-corrected chi connectivity index (χ2v) is 14.6. The van der Waals surface area contributed by atoms with Gasteiger partial charge in [0.1, 0.15) is 41.5 Å². The second-order valence-electron chi connectivity index (χ2n) is 14.2. The third-order valence-electron chi connectivity index (χ3n) is 8.90. The summed E-state index contributed by atoms with van der Waals surface area (Å²) in [6, 6.07) is 29.0. The van der Waals surface area contributed by atoms with Gasteiger partial charge in [0.25, 0.3) is 0 Å². The van der Waals surface area contributed by atoms with Crippen molar-refractivity contribution in [2.45, 2.75) is 91.6 Å². The lowest BCUT2D eigenvalue weighted by Crippen LogP contribution is -2.37. The minimum atomic E-state index is -0.538. The third kappa shape index (κ3) is 11.5. The van der Waals surface area contributed by atoms with Crippen LogP contribution in [0.2, 0.25) is 5.15 Å². The number of rotatable bonds is 13. The summed E-state index contributed by atoms with van der Waals surface area (Å²) in [5, 5.41) is 17.2. The van der Waals surface area contributed by atoms with Gasteiger partial charge in [-0.1, -0.05) is 91.5 Å². The van der Waals surface area contributed by atoms with E-state index in [1.54, 1.807) is 18.3 Å². The van der Waals surface area contributed by atoms with Gasteiger partial charge in [-0.15, -0.1) is 0 Å². The summed E-state index contributed by atoms with van der Waals surface area (Å²) in [7, 11) is 0. The number of ether oxygens (including phenoxy) is 3. The predicted octanol–water partition coefficient (Wildman–Crippen LogP) is 9.22. The molecule has 11 heteroatoms. The fourth-order valence-corrected chi connectivity index (χ4v) is 6.56. The van der Waals surface area contributed by atoms with E-state index in [9.17, 15) is 4.79 Å². The number of anilines is 2. The van der Waals surface area contributed by atoms with Crippen molar-refractivity contribution >= 4 is 29.2 Å². The zero-order chi connectivity index (χ0) is 37.7. The molecule has 0 spiro atoms. The van der Waals surface area contributed by atoms with Gasteiger partial charge in [0.2, 0.25) is 0 Å². The van der Waals surface area contributed by atoms with Crippen molar-refractivity contribution in [1.82, 2.24) is 19.7 Å². The lowest BCUT2D eigenvalue weighted by molar-refractivity contribution is -0.157. The highest BCUT2D eigenvalue weighted by atomic mass is 35.5. The van der Waals surface area contributed by atoms with Crippen LogP contribution in [0.4, 0.5) is 11.6 Å². The zero-order valence-electron chi connectivity index (χ0n) is 31.1. The van der Waals surface area contributed by atoms with Gasteiger partial charge in [-0.05, 0) is 51.7 Å². The molecule has 0 amide bonds. The van der Waals surface area contributed by atoms with E-state index in [4.69, 9.17) is 35.9 Å². The molecule has 0 saturated heterocycles. The van der Waals surface area contributed by atoms with Crippen molar-refractivity contribution in [2.24, 2.45) is 5.41 Å². The first-order valence-corrected chi connectivity index (χ1v) is 18.6. The van der Waals surface area contributed by atoms with Crippen LogP contribution in [0, 0.1) is 5.41 Å². The normalized spacial score (nSPS) is 13.7. The van der Waals surface area contributed by atoms with Crippen LogP contribution in [-0.2, 0) is 41.3 Å². The van der Waals surface area contributed by atoms with E-state index in [2.05, 4.69) is 36.2 Å². The Morgan fingerprint density at radius 2 is 1.45 bits per heavy atom. The Bertz CT molecular complexity index is 1890. The quantitative estimate of drug-likeness (QED) is 0.0899. The Balaban J connectivity index is 0.000000265. The fraction of sp³-hybridized carbons (Fsp3) is 0.381. The smallest absolute Gasteiger partial charge is 0.312 e. The molecule has 280 valence electrons. The van der Waals surface area contributed by atoms with Gasteiger partial charge in [0.05, 0.1) is 36.1 Å². The van der Waals surface area contributed by atoms with E-state index < -0.39 is 5.41 Å². The van der Waals surface area contributed by atoms with E-state index in [-0.39, 0.29) is 18.1 Å². The first-order valence-electron chi connectivity index (χ1n) is 18.2. The van der Waals surface area contributed by atoms with Crippen LogP contribution in [0.3, 0.4) is 0 Å². The molecule has 1 fully saturated rings. The van der Waals surface area contributed by atoms with Crippen molar-refractivity contribution in [2.75, 3.05) is 11.9 Å². The average molecular weight is 740 g/mol. The molecule has 53 heavy (non-hydrogen) atoms. The number of nitrogens with one attached hydrogen (secondary N) is 1. The van der Waals surface area contributed by atoms with Crippen LogP contribution in [-0.4, -0.2) is 37.4 Å². The molecular weight excluding hydrogens is 690 g/mol. The number of halogens is 1. The minimum absolute atomic E-state index is 0.109. The van der Waals surface area contributed by atoms with E-state index in [0.29, 0.717) is 54.4 Å². The van der Waals surface area contributed by atoms with E-state index in [0.717, 1.165) is 54.7 Å². The van der Waals surface area contributed by atoms with Crippen LogP contribution < -0.4 is 14.8 Å². The lowest BCUT2D eigenvalue weighted by atomic mass is 9.71. The Kier molecular flexibility index (Phi) is 13.9. The number of benzene rings is 2. The summed E-state index contributed by atoms with van der Waals surface area (Å²) in [5.41, 5.74) is 2.76. The van der Waals surface area contributed by atoms with Crippen molar-refractivity contribution in [3.05, 3.63) is 125 Å². The molecule has 5 aromatic rings. The number of esters is 1. The summed E-state index contributed by atoms with van der Waals surface area (Å²) in [6.07, 6.45) is 7.16. The van der Waals surface area contributed by atoms with Crippen LogP contribution in [0.15, 0.2) is 97.2 Å². The van der Waals surface area contributed by atoms with Gasteiger partial charge >= 0.3 is 5.97 Å². The Hall–Kier alpha value is -4.93. The molecule has 2 aromatic carbocycles. The summed E-state index contributed by atoms with van der Waals surface area (Å²) in [5.74, 6) is 2.72. The molecule has 10 nitrogen and oxygen atoms in total. The molecule has 0 aliphatic heterocycles. The molecule has 0 unspecified atom stereocenters. The highest BCUT2D eigenvalue weighted by Gasteiger charge is 2.41. The highest BCUT2D eigenvalue weighted by Crippen LogP contribution is 2.41. The Morgan fingerprint density at radius 1 is 0.849 bits per heavy atom. The van der Waals surface area contributed by atoms with Gasteiger partial charge in [-0.25, -0.2) is 14.6 Å². The molecule has 1 aliphatic carbocycles. The topological polar surface area (TPSA) is 121 Å².